The number of carbonyl (C=O) groups is 2. The average molecular weight is 346 g/mol. The van der Waals surface area contributed by atoms with Crippen molar-refractivity contribution in [2.24, 2.45) is 5.92 Å². The van der Waals surface area contributed by atoms with Gasteiger partial charge in [0.1, 0.15) is 0 Å². The van der Waals surface area contributed by atoms with Gasteiger partial charge in [-0.05, 0) is 30.7 Å². The Bertz CT molecular complexity index is 837. The smallest absolute Gasteiger partial charge is 0.324 e. The van der Waals surface area contributed by atoms with E-state index in [1.807, 2.05) is 0 Å². The minimum atomic E-state index is -4.53. The normalized spacial score (nSPS) is 12.1. The molecule has 0 spiro atoms. The Morgan fingerprint density at radius 1 is 1.08 bits per heavy atom. The fourth-order valence-electron chi connectivity index (χ4n) is 2.14. The zero-order chi connectivity index (χ0) is 18.6. The molecule has 0 aliphatic carbocycles. The lowest BCUT2D eigenvalue weighted by molar-refractivity contribution is -0.137. The van der Waals surface area contributed by atoms with Gasteiger partial charge in [0.15, 0.2) is 11.7 Å². The quantitative estimate of drug-likeness (QED) is 0.672. The average Bonchev–Trinajstić information content (AvgIpc) is 2.57. The van der Waals surface area contributed by atoms with Crippen LogP contribution in [0.4, 0.5) is 18.9 Å². The van der Waals surface area contributed by atoms with Crippen LogP contribution in [0.15, 0.2) is 48.5 Å². The molecule has 0 aliphatic rings. The fraction of sp³-hybridized carbons (Fsp3) is 0.167. The van der Waals surface area contributed by atoms with E-state index in [9.17, 15) is 22.8 Å². The van der Waals surface area contributed by atoms with Crippen LogP contribution in [0.2, 0.25) is 0 Å². The fourth-order valence-corrected chi connectivity index (χ4v) is 2.14. The highest BCUT2D eigenvalue weighted by atomic mass is 19.4. The first kappa shape index (κ1) is 18.2. The van der Waals surface area contributed by atoms with Crippen molar-refractivity contribution < 1.29 is 22.8 Å². The van der Waals surface area contributed by atoms with Gasteiger partial charge in [-0.25, -0.2) is 0 Å². The van der Waals surface area contributed by atoms with Crippen LogP contribution in [-0.2, 0) is 11.0 Å². The van der Waals surface area contributed by atoms with Crippen molar-refractivity contribution in [1.29, 1.82) is 5.26 Å². The molecule has 0 saturated heterocycles. The molecule has 0 heterocycles. The summed E-state index contributed by atoms with van der Waals surface area (Å²) < 4.78 is 37.7. The van der Waals surface area contributed by atoms with E-state index in [-0.39, 0.29) is 5.56 Å². The summed E-state index contributed by atoms with van der Waals surface area (Å²) in [6.07, 6.45) is -4.53. The van der Waals surface area contributed by atoms with Crippen LogP contribution in [0.25, 0.3) is 0 Å². The SMILES string of the molecule is Cc1ccccc1NC(=O)C(C#N)C(=O)c1ccc(C(F)(F)F)cc1. The summed E-state index contributed by atoms with van der Waals surface area (Å²) in [5, 5.41) is 11.6. The number of anilines is 1. The number of Topliss-reactive ketones (excluding diaryl/α,β-unsaturated/α-hetero) is 1. The number of aryl methyl sites for hydroxylation is 1. The zero-order valence-corrected chi connectivity index (χ0v) is 13.1. The van der Waals surface area contributed by atoms with Gasteiger partial charge in [-0.2, -0.15) is 18.4 Å². The molecule has 0 radical (unpaired) electrons. The summed E-state index contributed by atoms with van der Waals surface area (Å²) in [4.78, 5) is 24.5. The summed E-state index contributed by atoms with van der Waals surface area (Å²) in [6, 6.07) is 11.8. The summed E-state index contributed by atoms with van der Waals surface area (Å²) in [6.45, 7) is 1.74. The van der Waals surface area contributed by atoms with E-state index in [4.69, 9.17) is 5.26 Å². The summed E-state index contributed by atoms with van der Waals surface area (Å²) >= 11 is 0. The summed E-state index contributed by atoms with van der Waals surface area (Å²) in [5.41, 5.74) is 0.142. The number of nitrogens with zero attached hydrogens (tertiary/aromatic N) is 1. The molecule has 1 amide bonds. The highest BCUT2D eigenvalue weighted by Gasteiger charge is 2.32. The number of benzene rings is 2. The molecule has 0 aromatic heterocycles. The minimum Gasteiger partial charge on any atom is -0.324 e. The Balaban J connectivity index is 2.19. The van der Waals surface area contributed by atoms with E-state index in [1.54, 1.807) is 37.3 Å². The van der Waals surface area contributed by atoms with Gasteiger partial charge in [-0.15, -0.1) is 0 Å². The van der Waals surface area contributed by atoms with E-state index in [0.29, 0.717) is 5.69 Å². The second-order valence-corrected chi connectivity index (χ2v) is 5.31. The molecule has 1 N–H and O–H groups in total. The van der Waals surface area contributed by atoms with Gasteiger partial charge in [-0.3, -0.25) is 9.59 Å². The molecule has 0 aliphatic heterocycles. The first-order valence-corrected chi connectivity index (χ1v) is 7.21. The molecule has 2 aromatic rings. The highest BCUT2D eigenvalue weighted by Crippen LogP contribution is 2.29. The van der Waals surface area contributed by atoms with Crippen molar-refractivity contribution in [3.05, 3.63) is 65.2 Å². The highest BCUT2D eigenvalue weighted by molar-refractivity contribution is 6.15. The Morgan fingerprint density at radius 2 is 1.68 bits per heavy atom. The molecular formula is C18H13F3N2O2. The van der Waals surface area contributed by atoms with Crippen LogP contribution < -0.4 is 5.32 Å². The van der Waals surface area contributed by atoms with Gasteiger partial charge in [0, 0.05) is 11.3 Å². The lowest BCUT2D eigenvalue weighted by Gasteiger charge is -2.12. The summed E-state index contributed by atoms with van der Waals surface area (Å²) in [5.74, 6) is -3.35. The number of hydrogen-bond donors (Lipinski definition) is 1. The van der Waals surface area contributed by atoms with Gasteiger partial charge < -0.3 is 5.32 Å². The van der Waals surface area contributed by atoms with Gasteiger partial charge >= 0.3 is 6.18 Å². The Kier molecular flexibility index (Phi) is 5.22. The number of halogens is 3. The third-order valence-corrected chi connectivity index (χ3v) is 3.55. The minimum absolute atomic E-state index is 0.139. The number of nitrogens with one attached hydrogen (secondary N) is 1. The van der Waals surface area contributed by atoms with Crippen LogP contribution in [0.3, 0.4) is 0 Å². The van der Waals surface area contributed by atoms with E-state index < -0.39 is 29.3 Å². The lowest BCUT2D eigenvalue weighted by atomic mass is 9.97. The van der Waals surface area contributed by atoms with E-state index in [0.717, 1.165) is 29.8 Å². The predicted octanol–water partition coefficient (Wildman–Crippen LogP) is 3.98. The van der Waals surface area contributed by atoms with Gasteiger partial charge in [0.2, 0.25) is 5.91 Å². The third-order valence-electron chi connectivity index (χ3n) is 3.55. The molecule has 1 atom stereocenters. The first-order valence-electron chi connectivity index (χ1n) is 7.21. The Labute approximate surface area is 141 Å². The molecule has 4 nitrogen and oxygen atoms in total. The largest absolute Gasteiger partial charge is 0.416 e. The topological polar surface area (TPSA) is 70.0 Å². The maximum atomic E-state index is 12.6. The Morgan fingerprint density at radius 3 is 2.20 bits per heavy atom. The molecular weight excluding hydrogens is 333 g/mol. The second-order valence-electron chi connectivity index (χ2n) is 5.31. The first-order chi connectivity index (χ1) is 11.7. The molecule has 2 rings (SSSR count). The summed E-state index contributed by atoms with van der Waals surface area (Å²) in [7, 11) is 0. The molecule has 2 aromatic carbocycles. The monoisotopic (exact) mass is 346 g/mol. The van der Waals surface area contributed by atoms with Crippen molar-refractivity contribution in [2.45, 2.75) is 13.1 Å². The zero-order valence-electron chi connectivity index (χ0n) is 13.1. The van der Waals surface area contributed by atoms with Crippen molar-refractivity contribution >= 4 is 17.4 Å². The molecule has 0 saturated carbocycles. The van der Waals surface area contributed by atoms with Crippen LogP contribution in [-0.4, -0.2) is 11.7 Å². The van der Waals surface area contributed by atoms with Crippen LogP contribution in [0.1, 0.15) is 21.5 Å². The maximum Gasteiger partial charge on any atom is 0.416 e. The van der Waals surface area contributed by atoms with Gasteiger partial charge in [0.25, 0.3) is 0 Å². The molecule has 0 fully saturated rings. The molecule has 128 valence electrons. The van der Waals surface area contributed by atoms with Crippen LogP contribution in [0.5, 0.6) is 0 Å². The van der Waals surface area contributed by atoms with Crippen LogP contribution >= 0.6 is 0 Å². The van der Waals surface area contributed by atoms with Gasteiger partial charge in [-0.1, -0.05) is 30.3 Å². The molecule has 0 bridgehead atoms. The molecule has 1 unspecified atom stereocenters. The number of hydrogen-bond acceptors (Lipinski definition) is 3. The maximum absolute atomic E-state index is 12.6. The van der Waals surface area contributed by atoms with E-state index in [2.05, 4.69) is 5.32 Å². The number of para-hydroxylation sites is 1. The van der Waals surface area contributed by atoms with Crippen molar-refractivity contribution in [2.75, 3.05) is 5.32 Å². The number of amides is 1. The number of ketones is 1. The standard InChI is InChI=1S/C18H13F3N2O2/c1-11-4-2-3-5-15(11)23-17(25)14(10-22)16(24)12-6-8-13(9-7-12)18(19,20)21/h2-9,14H,1H3,(H,23,25). The number of alkyl halides is 3. The second kappa shape index (κ2) is 7.18. The molecule has 25 heavy (non-hydrogen) atoms. The number of nitriles is 1. The number of rotatable bonds is 4. The predicted molar refractivity (Wildman–Crippen MR) is 84.7 cm³/mol. The molecule has 7 heteroatoms. The lowest BCUT2D eigenvalue weighted by Crippen LogP contribution is -2.29. The van der Waals surface area contributed by atoms with Crippen molar-refractivity contribution in [1.82, 2.24) is 0 Å². The van der Waals surface area contributed by atoms with Crippen LogP contribution in [0, 0.1) is 24.2 Å². The number of carbonyl (C=O) groups excluding carboxylic acids is 2. The van der Waals surface area contributed by atoms with E-state index in [1.165, 1.54) is 0 Å². The Hall–Kier alpha value is -3.14. The van der Waals surface area contributed by atoms with Crippen molar-refractivity contribution in [3.63, 3.8) is 0 Å². The van der Waals surface area contributed by atoms with E-state index >= 15 is 0 Å². The van der Waals surface area contributed by atoms with Gasteiger partial charge in [0.05, 0.1) is 11.6 Å². The third kappa shape index (κ3) is 4.23. The van der Waals surface area contributed by atoms with Crippen molar-refractivity contribution in [3.8, 4) is 6.07 Å².